The Morgan fingerprint density at radius 1 is 1.12 bits per heavy atom. The Hall–Kier alpha value is -1.92. The highest BCUT2D eigenvalue weighted by atomic mass is 16.5. The lowest BCUT2D eigenvalue weighted by Gasteiger charge is -2.36. The molecule has 0 aromatic heterocycles. The molecule has 0 bridgehead atoms. The summed E-state index contributed by atoms with van der Waals surface area (Å²) < 4.78 is 5.37. The molecule has 0 unspecified atom stereocenters. The maximum atomic E-state index is 12.6. The number of carbonyl (C=O) groups is 2. The monoisotopic (exact) mass is 359 g/mol. The van der Waals surface area contributed by atoms with Crippen LogP contribution >= 0.6 is 0 Å². The minimum atomic E-state index is 0.0317. The third-order valence-corrected chi connectivity index (χ3v) is 5.30. The second-order valence-electron chi connectivity index (χ2n) is 7.32. The van der Waals surface area contributed by atoms with E-state index in [0.717, 1.165) is 31.9 Å². The molecule has 1 aromatic rings. The fourth-order valence-electron chi connectivity index (χ4n) is 3.53. The van der Waals surface area contributed by atoms with Gasteiger partial charge in [0.25, 0.3) is 0 Å². The number of ether oxygens (including phenoxy) is 1. The Kier molecular flexibility index (Phi) is 6.27. The summed E-state index contributed by atoms with van der Waals surface area (Å²) >= 11 is 0. The van der Waals surface area contributed by atoms with E-state index in [1.54, 1.807) is 4.90 Å². The van der Waals surface area contributed by atoms with E-state index >= 15 is 0 Å². The highest BCUT2D eigenvalue weighted by molar-refractivity contribution is 5.86. The van der Waals surface area contributed by atoms with Gasteiger partial charge in [-0.25, -0.2) is 0 Å². The van der Waals surface area contributed by atoms with Crippen molar-refractivity contribution in [3.8, 4) is 0 Å². The lowest BCUT2D eigenvalue weighted by molar-refractivity contribution is -0.146. The van der Waals surface area contributed by atoms with E-state index in [9.17, 15) is 9.59 Å². The van der Waals surface area contributed by atoms with Crippen molar-refractivity contribution < 1.29 is 14.3 Å². The third-order valence-electron chi connectivity index (χ3n) is 5.30. The third kappa shape index (κ3) is 4.83. The SMILES string of the molecule is Cc1ccc(CN2CCN(C(=O)C[C@@H](C)N3CCOCC3)CC2=O)cc1. The van der Waals surface area contributed by atoms with Gasteiger partial charge in [0.2, 0.25) is 11.8 Å². The maximum absolute atomic E-state index is 12.6. The molecule has 0 N–H and O–H groups in total. The minimum Gasteiger partial charge on any atom is -0.379 e. The van der Waals surface area contributed by atoms with Crippen molar-refractivity contribution >= 4 is 11.8 Å². The second-order valence-corrected chi connectivity index (χ2v) is 7.32. The van der Waals surface area contributed by atoms with Crippen LogP contribution in [0, 0.1) is 6.92 Å². The summed E-state index contributed by atoms with van der Waals surface area (Å²) in [6, 6.07) is 8.43. The topological polar surface area (TPSA) is 53.1 Å². The van der Waals surface area contributed by atoms with Gasteiger partial charge in [-0.3, -0.25) is 14.5 Å². The number of hydrogen-bond donors (Lipinski definition) is 0. The molecule has 2 aliphatic heterocycles. The number of benzene rings is 1. The number of nitrogens with zero attached hydrogens (tertiary/aromatic N) is 3. The van der Waals surface area contributed by atoms with Crippen LogP contribution in [0.3, 0.4) is 0 Å². The first-order chi connectivity index (χ1) is 12.5. The van der Waals surface area contributed by atoms with E-state index in [1.165, 1.54) is 5.56 Å². The Labute approximate surface area is 155 Å². The molecule has 0 radical (unpaired) electrons. The van der Waals surface area contributed by atoms with Crippen molar-refractivity contribution in [2.75, 3.05) is 45.9 Å². The van der Waals surface area contributed by atoms with Gasteiger partial charge in [-0.2, -0.15) is 0 Å². The zero-order valence-electron chi connectivity index (χ0n) is 15.8. The molecule has 0 aliphatic carbocycles. The van der Waals surface area contributed by atoms with Crippen molar-refractivity contribution in [3.05, 3.63) is 35.4 Å². The van der Waals surface area contributed by atoms with Crippen molar-refractivity contribution in [1.82, 2.24) is 14.7 Å². The van der Waals surface area contributed by atoms with Crippen molar-refractivity contribution in [1.29, 1.82) is 0 Å². The summed E-state index contributed by atoms with van der Waals surface area (Å²) in [6.07, 6.45) is 0.464. The number of piperazine rings is 1. The van der Waals surface area contributed by atoms with Crippen LogP contribution in [0.5, 0.6) is 0 Å². The number of carbonyl (C=O) groups excluding carboxylic acids is 2. The number of hydrogen-bond acceptors (Lipinski definition) is 4. The molecule has 26 heavy (non-hydrogen) atoms. The van der Waals surface area contributed by atoms with Gasteiger partial charge < -0.3 is 14.5 Å². The molecule has 6 nitrogen and oxygen atoms in total. The Morgan fingerprint density at radius 2 is 1.81 bits per heavy atom. The summed E-state index contributed by atoms with van der Waals surface area (Å²) in [5, 5.41) is 0. The quantitative estimate of drug-likeness (QED) is 0.795. The van der Waals surface area contributed by atoms with E-state index in [2.05, 4.69) is 43.0 Å². The van der Waals surface area contributed by atoms with Crippen LogP contribution in [-0.4, -0.2) is 78.5 Å². The van der Waals surface area contributed by atoms with Gasteiger partial charge in [0.15, 0.2) is 0 Å². The molecule has 2 saturated heterocycles. The molecular formula is C20H29N3O3. The molecule has 2 amide bonds. The van der Waals surface area contributed by atoms with Crippen LogP contribution in [0.4, 0.5) is 0 Å². The van der Waals surface area contributed by atoms with E-state index in [0.29, 0.717) is 26.1 Å². The van der Waals surface area contributed by atoms with Crippen molar-refractivity contribution in [2.45, 2.75) is 32.9 Å². The van der Waals surface area contributed by atoms with Gasteiger partial charge in [0.05, 0.1) is 19.8 Å². The molecule has 142 valence electrons. The largest absolute Gasteiger partial charge is 0.379 e. The minimum absolute atomic E-state index is 0.0317. The number of morpholine rings is 1. The highest BCUT2D eigenvalue weighted by Gasteiger charge is 2.29. The lowest BCUT2D eigenvalue weighted by atomic mass is 10.1. The molecule has 0 saturated carbocycles. The first kappa shape index (κ1) is 18.9. The number of aryl methyl sites for hydroxylation is 1. The molecule has 1 atom stereocenters. The standard InChI is InChI=1S/C20H29N3O3/c1-16-3-5-18(6-4-16)14-22-7-8-23(15-20(22)25)19(24)13-17(2)21-9-11-26-12-10-21/h3-6,17H,7-15H2,1-2H3/t17-/m1/s1. The number of rotatable bonds is 5. The fourth-order valence-corrected chi connectivity index (χ4v) is 3.53. The molecular weight excluding hydrogens is 330 g/mol. The first-order valence-electron chi connectivity index (χ1n) is 9.46. The van der Waals surface area contributed by atoms with Gasteiger partial charge in [0, 0.05) is 45.2 Å². The van der Waals surface area contributed by atoms with Crippen LogP contribution in [-0.2, 0) is 20.9 Å². The fraction of sp³-hybridized carbons (Fsp3) is 0.600. The van der Waals surface area contributed by atoms with Gasteiger partial charge in [-0.05, 0) is 19.4 Å². The van der Waals surface area contributed by atoms with E-state index in [-0.39, 0.29) is 24.4 Å². The summed E-state index contributed by atoms with van der Waals surface area (Å²) in [5.41, 5.74) is 2.34. The summed E-state index contributed by atoms with van der Waals surface area (Å²) in [6.45, 7) is 9.37. The van der Waals surface area contributed by atoms with Crippen LogP contribution in [0.15, 0.2) is 24.3 Å². The van der Waals surface area contributed by atoms with Crippen LogP contribution in [0.2, 0.25) is 0 Å². The molecule has 1 aromatic carbocycles. The van der Waals surface area contributed by atoms with Crippen LogP contribution in [0.25, 0.3) is 0 Å². The summed E-state index contributed by atoms with van der Waals surface area (Å²) in [5.74, 6) is 0.108. The van der Waals surface area contributed by atoms with Crippen LogP contribution < -0.4 is 0 Å². The predicted molar refractivity (Wildman–Crippen MR) is 99.6 cm³/mol. The molecule has 2 aliphatic rings. The Balaban J connectivity index is 1.48. The number of amides is 2. The molecule has 2 heterocycles. The van der Waals surface area contributed by atoms with Crippen molar-refractivity contribution in [2.24, 2.45) is 0 Å². The smallest absolute Gasteiger partial charge is 0.242 e. The Morgan fingerprint density at radius 3 is 2.46 bits per heavy atom. The maximum Gasteiger partial charge on any atom is 0.242 e. The average molecular weight is 359 g/mol. The van der Waals surface area contributed by atoms with Crippen molar-refractivity contribution in [3.63, 3.8) is 0 Å². The molecule has 0 spiro atoms. The predicted octanol–water partition coefficient (Wildman–Crippen LogP) is 1.28. The molecule has 2 fully saturated rings. The molecule has 3 rings (SSSR count). The average Bonchev–Trinajstić information content (AvgIpc) is 2.65. The molecule has 6 heteroatoms. The second kappa shape index (κ2) is 8.64. The zero-order valence-corrected chi connectivity index (χ0v) is 15.8. The van der Waals surface area contributed by atoms with Gasteiger partial charge in [0.1, 0.15) is 0 Å². The normalized spacial score (nSPS) is 20.3. The highest BCUT2D eigenvalue weighted by Crippen LogP contribution is 2.14. The van der Waals surface area contributed by atoms with Crippen LogP contribution in [0.1, 0.15) is 24.5 Å². The lowest BCUT2D eigenvalue weighted by Crippen LogP contribution is -2.53. The van der Waals surface area contributed by atoms with Gasteiger partial charge in [-0.15, -0.1) is 0 Å². The van der Waals surface area contributed by atoms with E-state index < -0.39 is 0 Å². The Bertz CT molecular complexity index is 626. The summed E-state index contributed by atoms with van der Waals surface area (Å²) in [4.78, 5) is 30.9. The van der Waals surface area contributed by atoms with E-state index in [1.807, 2.05) is 4.90 Å². The van der Waals surface area contributed by atoms with Gasteiger partial charge >= 0.3 is 0 Å². The first-order valence-corrected chi connectivity index (χ1v) is 9.46. The summed E-state index contributed by atoms with van der Waals surface area (Å²) in [7, 11) is 0. The zero-order chi connectivity index (χ0) is 18.5. The van der Waals surface area contributed by atoms with E-state index in [4.69, 9.17) is 4.74 Å². The van der Waals surface area contributed by atoms with Gasteiger partial charge in [-0.1, -0.05) is 29.8 Å².